The molecule has 0 spiro atoms. The lowest BCUT2D eigenvalue weighted by Crippen LogP contribution is -2.40. The summed E-state index contributed by atoms with van der Waals surface area (Å²) in [6.07, 6.45) is 7.03. The fourth-order valence-corrected chi connectivity index (χ4v) is 5.49. The number of nitrogens with zero attached hydrogens (tertiary/aromatic N) is 3. The Morgan fingerprint density at radius 2 is 1.96 bits per heavy atom. The van der Waals surface area contributed by atoms with Crippen molar-refractivity contribution in [3.05, 3.63) is 40.5 Å². The molecule has 0 aliphatic carbocycles. The molecule has 9 heteroatoms. The minimum absolute atomic E-state index is 0.0326. The molecule has 2 bridgehead atoms. The average Bonchev–Trinajstić information content (AvgIpc) is 2.90. The Bertz CT molecular complexity index is 848. The standard InChI is InChI=1S/C17H21N3O5S/c21-20(22)17-12-15(26(23,24)18-8-10-25-11-9-18)6-7-16(17)19-13-2-1-3-14(19)5-4-13/h1-2,6-7,12-14H,3-5,8-11H2/t13-,14-/m0/s1. The Morgan fingerprint density at radius 3 is 2.65 bits per heavy atom. The zero-order valence-electron chi connectivity index (χ0n) is 14.3. The number of ether oxygens (including phenoxy) is 1. The molecule has 3 heterocycles. The minimum Gasteiger partial charge on any atom is -0.379 e. The van der Waals surface area contributed by atoms with E-state index in [1.807, 2.05) is 0 Å². The SMILES string of the molecule is O=[N+]([O-])c1cc(S(=O)(=O)N2CCOCC2)ccc1N1[C@H]2CC=C[C@H]1CC2. The third kappa shape index (κ3) is 2.89. The summed E-state index contributed by atoms with van der Waals surface area (Å²) in [6.45, 7) is 1.20. The lowest BCUT2D eigenvalue weighted by molar-refractivity contribution is -0.384. The first kappa shape index (κ1) is 17.4. The van der Waals surface area contributed by atoms with Crippen molar-refractivity contribution in [3.63, 3.8) is 0 Å². The highest BCUT2D eigenvalue weighted by Gasteiger charge is 2.38. The van der Waals surface area contributed by atoms with Crippen molar-refractivity contribution < 1.29 is 18.1 Å². The lowest BCUT2D eigenvalue weighted by atomic mass is 10.1. The molecule has 0 unspecified atom stereocenters. The quantitative estimate of drug-likeness (QED) is 0.451. The molecule has 0 aromatic heterocycles. The molecule has 2 atom stereocenters. The predicted octanol–water partition coefficient (Wildman–Crippen LogP) is 1.91. The minimum atomic E-state index is -3.76. The molecule has 3 aliphatic heterocycles. The van der Waals surface area contributed by atoms with Crippen LogP contribution in [0.15, 0.2) is 35.2 Å². The van der Waals surface area contributed by atoms with Gasteiger partial charge in [0.1, 0.15) is 5.69 Å². The van der Waals surface area contributed by atoms with Crippen molar-refractivity contribution in [2.24, 2.45) is 0 Å². The Morgan fingerprint density at radius 1 is 1.19 bits per heavy atom. The number of nitro groups is 1. The molecule has 4 rings (SSSR count). The largest absolute Gasteiger partial charge is 0.379 e. The van der Waals surface area contributed by atoms with Gasteiger partial charge in [0.2, 0.25) is 10.0 Å². The number of hydrogen-bond acceptors (Lipinski definition) is 6. The second-order valence-electron chi connectivity index (χ2n) is 6.79. The van der Waals surface area contributed by atoms with E-state index in [9.17, 15) is 18.5 Å². The van der Waals surface area contributed by atoms with Gasteiger partial charge in [-0.25, -0.2) is 8.42 Å². The highest BCUT2D eigenvalue weighted by Crippen LogP contribution is 2.41. The molecule has 0 N–H and O–H groups in total. The zero-order chi connectivity index (χ0) is 18.3. The van der Waals surface area contributed by atoms with E-state index in [1.54, 1.807) is 6.07 Å². The molecule has 0 radical (unpaired) electrons. The van der Waals surface area contributed by atoms with Gasteiger partial charge in [0.05, 0.1) is 23.0 Å². The molecular formula is C17H21N3O5S. The van der Waals surface area contributed by atoms with E-state index >= 15 is 0 Å². The summed E-state index contributed by atoms with van der Waals surface area (Å²) < 4.78 is 32.1. The van der Waals surface area contributed by atoms with E-state index in [4.69, 9.17) is 4.74 Å². The number of fused-ring (bicyclic) bond motifs is 2. The second kappa shape index (κ2) is 6.64. The number of sulfonamides is 1. The summed E-state index contributed by atoms with van der Waals surface area (Å²) in [5, 5.41) is 11.7. The van der Waals surface area contributed by atoms with Crippen molar-refractivity contribution in [1.82, 2.24) is 4.31 Å². The van der Waals surface area contributed by atoms with Gasteiger partial charge in [-0.05, 0) is 31.4 Å². The Kier molecular flexibility index (Phi) is 4.45. The van der Waals surface area contributed by atoms with Crippen LogP contribution in [0.25, 0.3) is 0 Å². The number of rotatable bonds is 4. The van der Waals surface area contributed by atoms with E-state index < -0.39 is 14.9 Å². The van der Waals surface area contributed by atoms with Crippen LogP contribution in [0, 0.1) is 10.1 Å². The summed E-state index contributed by atoms with van der Waals surface area (Å²) in [5.41, 5.74) is 0.360. The van der Waals surface area contributed by atoms with Crippen LogP contribution >= 0.6 is 0 Å². The van der Waals surface area contributed by atoms with E-state index in [2.05, 4.69) is 17.1 Å². The van der Waals surface area contributed by atoms with Crippen LogP contribution in [0.1, 0.15) is 19.3 Å². The average molecular weight is 379 g/mol. The number of nitro benzene ring substituents is 1. The summed E-state index contributed by atoms with van der Waals surface area (Å²) in [6, 6.07) is 4.68. The number of benzene rings is 1. The summed E-state index contributed by atoms with van der Waals surface area (Å²) >= 11 is 0. The van der Waals surface area contributed by atoms with E-state index in [1.165, 1.54) is 16.4 Å². The van der Waals surface area contributed by atoms with Gasteiger partial charge in [0.25, 0.3) is 5.69 Å². The van der Waals surface area contributed by atoms with Crippen LogP contribution in [-0.4, -0.2) is 56.0 Å². The predicted molar refractivity (Wildman–Crippen MR) is 95.7 cm³/mol. The first-order chi connectivity index (χ1) is 12.5. The number of hydrogen-bond donors (Lipinski definition) is 0. The Balaban J connectivity index is 1.73. The van der Waals surface area contributed by atoms with Crippen LogP contribution in [0.2, 0.25) is 0 Å². The van der Waals surface area contributed by atoms with Crippen LogP contribution in [0.5, 0.6) is 0 Å². The van der Waals surface area contributed by atoms with Crippen molar-refractivity contribution in [3.8, 4) is 0 Å². The van der Waals surface area contributed by atoms with Gasteiger partial charge in [-0.15, -0.1) is 0 Å². The molecule has 140 valence electrons. The third-order valence-corrected chi connectivity index (χ3v) is 7.24. The highest BCUT2D eigenvalue weighted by molar-refractivity contribution is 7.89. The molecule has 26 heavy (non-hydrogen) atoms. The molecule has 1 aromatic carbocycles. The molecule has 3 aliphatic rings. The van der Waals surface area contributed by atoms with Crippen LogP contribution < -0.4 is 4.90 Å². The monoisotopic (exact) mass is 379 g/mol. The lowest BCUT2D eigenvalue weighted by Gasteiger charge is -2.33. The van der Waals surface area contributed by atoms with Crippen LogP contribution in [-0.2, 0) is 14.8 Å². The van der Waals surface area contributed by atoms with E-state index in [0.29, 0.717) is 18.9 Å². The van der Waals surface area contributed by atoms with Gasteiger partial charge in [0, 0.05) is 31.2 Å². The fourth-order valence-electron chi connectivity index (χ4n) is 4.06. The van der Waals surface area contributed by atoms with Gasteiger partial charge in [-0.1, -0.05) is 12.2 Å². The highest BCUT2D eigenvalue weighted by atomic mass is 32.2. The normalized spacial score (nSPS) is 26.2. The Hall–Kier alpha value is -1.97. The smallest absolute Gasteiger partial charge is 0.293 e. The molecule has 2 fully saturated rings. The van der Waals surface area contributed by atoms with Gasteiger partial charge < -0.3 is 9.64 Å². The van der Waals surface area contributed by atoms with Gasteiger partial charge >= 0.3 is 0 Å². The van der Waals surface area contributed by atoms with Crippen LogP contribution in [0.3, 0.4) is 0 Å². The van der Waals surface area contributed by atoms with Crippen LogP contribution in [0.4, 0.5) is 11.4 Å². The van der Waals surface area contributed by atoms with Crippen molar-refractivity contribution in [1.29, 1.82) is 0 Å². The van der Waals surface area contributed by atoms with Crippen molar-refractivity contribution in [2.45, 2.75) is 36.2 Å². The first-order valence-electron chi connectivity index (χ1n) is 8.80. The molecule has 8 nitrogen and oxygen atoms in total. The second-order valence-corrected chi connectivity index (χ2v) is 8.73. The third-order valence-electron chi connectivity index (χ3n) is 5.34. The van der Waals surface area contributed by atoms with Gasteiger partial charge in [-0.2, -0.15) is 4.31 Å². The van der Waals surface area contributed by atoms with E-state index in [-0.39, 0.29) is 35.8 Å². The maximum absolute atomic E-state index is 12.8. The molecule has 1 aromatic rings. The molecule has 0 saturated carbocycles. The fraction of sp³-hybridized carbons (Fsp3) is 0.529. The molecule has 0 amide bonds. The molecule has 2 saturated heterocycles. The van der Waals surface area contributed by atoms with E-state index in [0.717, 1.165) is 19.3 Å². The summed E-state index contributed by atoms with van der Waals surface area (Å²) in [5.74, 6) is 0. The zero-order valence-corrected chi connectivity index (χ0v) is 15.1. The van der Waals surface area contributed by atoms with Gasteiger partial charge in [0.15, 0.2) is 0 Å². The number of morpholine rings is 1. The van der Waals surface area contributed by atoms with Crippen molar-refractivity contribution in [2.75, 3.05) is 31.2 Å². The number of anilines is 1. The summed E-state index contributed by atoms with van der Waals surface area (Å²) in [4.78, 5) is 13.2. The first-order valence-corrected chi connectivity index (χ1v) is 10.2. The topological polar surface area (TPSA) is 93.0 Å². The summed E-state index contributed by atoms with van der Waals surface area (Å²) in [7, 11) is -3.76. The maximum atomic E-state index is 12.8. The maximum Gasteiger partial charge on any atom is 0.293 e. The molecular weight excluding hydrogens is 358 g/mol. The Labute approximate surface area is 152 Å². The van der Waals surface area contributed by atoms with Gasteiger partial charge in [-0.3, -0.25) is 10.1 Å². The van der Waals surface area contributed by atoms with Crippen molar-refractivity contribution >= 4 is 21.4 Å².